The molecular formula is C24H28BrN5O2. The fourth-order valence-corrected chi connectivity index (χ4v) is 4.35. The van der Waals surface area contributed by atoms with Gasteiger partial charge in [0, 0.05) is 59.9 Å². The number of hydrogen-bond acceptors (Lipinski definition) is 3. The summed E-state index contributed by atoms with van der Waals surface area (Å²) in [7, 11) is 0. The standard InChI is InChI=1S/C24H28BrN5O2/c1-2-29-11-13-30(14-12-29)23(31)22(15-17-16-26-21-6-4-3-5-20(17)21)28-24(32)27-19-9-7-18(25)8-10-19/h3-10,16,22,26H,2,11-15H2,1H3,(H2,27,28,32). The van der Waals surface area contributed by atoms with Crippen LogP contribution in [0.25, 0.3) is 10.9 Å². The summed E-state index contributed by atoms with van der Waals surface area (Å²) in [6.45, 7) is 6.17. The van der Waals surface area contributed by atoms with Crippen LogP contribution in [0.2, 0.25) is 0 Å². The third-order valence-electron chi connectivity index (χ3n) is 5.94. The van der Waals surface area contributed by atoms with Gasteiger partial charge in [-0.2, -0.15) is 0 Å². The van der Waals surface area contributed by atoms with Gasteiger partial charge in [-0.15, -0.1) is 0 Å². The summed E-state index contributed by atoms with van der Waals surface area (Å²) in [6.07, 6.45) is 2.35. The number of nitrogens with zero attached hydrogens (tertiary/aromatic N) is 2. The molecule has 1 atom stereocenters. The van der Waals surface area contributed by atoms with Crippen LogP contribution in [0.4, 0.5) is 10.5 Å². The van der Waals surface area contributed by atoms with Gasteiger partial charge in [0.2, 0.25) is 5.91 Å². The van der Waals surface area contributed by atoms with E-state index in [0.717, 1.165) is 40.6 Å². The first-order chi connectivity index (χ1) is 15.5. The van der Waals surface area contributed by atoms with E-state index in [1.54, 1.807) is 0 Å². The molecule has 4 rings (SSSR count). The fraction of sp³-hybridized carbons (Fsp3) is 0.333. The number of amides is 3. The van der Waals surface area contributed by atoms with Gasteiger partial charge in [0.15, 0.2) is 0 Å². The van der Waals surface area contributed by atoms with E-state index in [2.05, 4.69) is 43.4 Å². The van der Waals surface area contributed by atoms with Gasteiger partial charge in [0.25, 0.3) is 0 Å². The van der Waals surface area contributed by atoms with Crippen molar-refractivity contribution in [2.75, 3.05) is 38.0 Å². The summed E-state index contributed by atoms with van der Waals surface area (Å²) in [5.74, 6) is -0.0445. The monoisotopic (exact) mass is 497 g/mol. The summed E-state index contributed by atoms with van der Waals surface area (Å²) >= 11 is 3.39. The van der Waals surface area contributed by atoms with Crippen molar-refractivity contribution >= 4 is 44.5 Å². The predicted octanol–water partition coefficient (Wildman–Crippen LogP) is 3.83. The lowest BCUT2D eigenvalue weighted by atomic mass is 10.0. The van der Waals surface area contributed by atoms with Gasteiger partial charge < -0.3 is 25.4 Å². The third kappa shape index (κ3) is 5.31. The molecule has 3 N–H and O–H groups in total. The Labute approximate surface area is 196 Å². The Morgan fingerprint density at radius 1 is 1.06 bits per heavy atom. The highest BCUT2D eigenvalue weighted by Crippen LogP contribution is 2.20. The molecule has 1 fully saturated rings. The van der Waals surface area contributed by atoms with Crippen LogP contribution in [0.1, 0.15) is 12.5 Å². The van der Waals surface area contributed by atoms with Gasteiger partial charge in [0.05, 0.1) is 0 Å². The lowest BCUT2D eigenvalue weighted by molar-refractivity contribution is -0.134. The first-order valence-corrected chi connectivity index (χ1v) is 11.7. The Balaban J connectivity index is 1.51. The van der Waals surface area contributed by atoms with E-state index in [9.17, 15) is 9.59 Å². The molecule has 168 valence electrons. The number of fused-ring (bicyclic) bond motifs is 1. The summed E-state index contributed by atoms with van der Waals surface area (Å²) in [4.78, 5) is 33.7. The van der Waals surface area contributed by atoms with Gasteiger partial charge in [-0.3, -0.25) is 4.79 Å². The molecule has 32 heavy (non-hydrogen) atoms. The van der Waals surface area contributed by atoms with Crippen molar-refractivity contribution in [2.45, 2.75) is 19.4 Å². The second kappa shape index (κ2) is 10.2. The number of hydrogen-bond donors (Lipinski definition) is 3. The molecule has 1 aromatic heterocycles. The number of aromatic nitrogens is 1. The number of piperazine rings is 1. The quantitative estimate of drug-likeness (QED) is 0.484. The Morgan fingerprint density at radius 3 is 2.50 bits per heavy atom. The zero-order valence-electron chi connectivity index (χ0n) is 18.1. The molecule has 0 radical (unpaired) electrons. The van der Waals surface area contributed by atoms with E-state index in [1.807, 2.05) is 59.6 Å². The topological polar surface area (TPSA) is 80.5 Å². The molecule has 7 nitrogen and oxygen atoms in total. The average Bonchev–Trinajstić information content (AvgIpc) is 3.22. The van der Waals surface area contributed by atoms with Crippen LogP contribution in [-0.4, -0.2) is 65.5 Å². The maximum atomic E-state index is 13.4. The summed E-state index contributed by atoms with van der Waals surface area (Å²) in [5, 5.41) is 6.82. The minimum Gasteiger partial charge on any atom is -0.361 e. The maximum absolute atomic E-state index is 13.4. The molecule has 1 aliphatic rings. The number of nitrogens with one attached hydrogen (secondary N) is 3. The van der Waals surface area contributed by atoms with E-state index < -0.39 is 12.1 Å². The largest absolute Gasteiger partial charge is 0.361 e. The number of para-hydroxylation sites is 1. The molecule has 2 aromatic carbocycles. The van der Waals surface area contributed by atoms with Crippen LogP contribution in [0.5, 0.6) is 0 Å². The first kappa shape index (κ1) is 22.4. The Hall–Kier alpha value is -2.84. The number of likely N-dealkylation sites (N-methyl/N-ethyl adjacent to an activating group) is 1. The molecule has 1 aliphatic heterocycles. The minimum atomic E-state index is -0.655. The van der Waals surface area contributed by atoms with Crippen LogP contribution in [-0.2, 0) is 11.2 Å². The Kier molecular flexibility index (Phi) is 7.12. The lowest BCUT2D eigenvalue weighted by Gasteiger charge is -2.36. The number of rotatable bonds is 6. The zero-order chi connectivity index (χ0) is 22.5. The highest BCUT2D eigenvalue weighted by molar-refractivity contribution is 9.10. The first-order valence-electron chi connectivity index (χ1n) is 10.9. The number of anilines is 1. The van der Waals surface area contributed by atoms with Crippen LogP contribution < -0.4 is 10.6 Å². The number of carbonyl (C=O) groups is 2. The maximum Gasteiger partial charge on any atom is 0.319 e. The van der Waals surface area contributed by atoms with E-state index in [4.69, 9.17) is 0 Å². The fourth-order valence-electron chi connectivity index (χ4n) is 4.08. The van der Waals surface area contributed by atoms with Crippen molar-refractivity contribution in [2.24, 2.45) is 0 Å². The molecule has 0 saturated carbocycles. The lowest BCUT2D eigenvalue weighted by Crippen LogP contribution is -2.56. The molecule has 3 aromatic rings. The molecule has 8 heteroatoms. The van der Waals surface area contributed by atoms with E-state index in [0.29, 0.717) is 25.2 Å². The van der Waals surface area contributed by atoms with Gasteiger partial charge in [-0.1, -0.05) is 41.1 Å². The minimum absolute atomic E-state index is 0.0445. The van der Waals surface area contributed by atoms with Crippen LogP contribution in [0.3, 0.4) is 0 Å². The second-order valence-corrected chi connectivity index (χ2v) is 8.90. The molecule has 1 saturated heterocycles. The second-order valence-electron chi connectivity index (χ2n) is 7.98. The van der Waals surface area contributed by atoms with Gasteiger partial charge >= 0.3 is 6.03 Å². The van der Waals surface area contributed by atoms with Crippen molar-refractivity contribution in [3.8, 4) is 0 Å². The number of aromatic amines is 1. The predicted molar refractivity (Wildman–Crippen MR) is 131 cm³/mol. The highest BCUT2D eigenvalue weighted by Gasteiger charge is 2.29. The van der Waals surface area contributed by atoms with E-state index in [1.165, 1.54) is 0 Å². The van der Waals surface area contributed by atoms with Gasteiger partial charge in [-0.05, 0) is 42.4 Å². The normalized spacial score (nSPS) is 15.5. The number of benzene rings is 2. The smallest absolute Gasteiger partial charge is 0.319 e. The molecule has 0 bridgehead atoms. The molecular weight excluding hydrogens is 470 g/mol. The van der Waals surface area contributed by atoms with Crippen molar-refractivity contribution in [1.29, 1.82) is 0 Å². The summed E-state index contributed by atoms with van der Waals surface area (Å²) < 4.78 is 0.932. The Bertz CT molecular complexity index is 1070. The van der Waals surface area contributed by atoms with Crippen molar-refractivity contribution in [1.82, 2.24) is 20.1 Å². The number of carbonyl (C=O) groups excluding carboxylic acids is 2. The summed E-state index contributed by atoms with van der Waals surface area (Å²) in [6, 6.07) is 14.3. The van der Waals surface area contributed by atoms with Crippen LogP contribution >= 0.6 is 15.9 Å². The van der Waals surface area contributed by atoms with Crippen molar-refractivity contribution < 1.29 is 9.59 Å². The molecule has 2 heterocycles. The highest BCUT2D eigenvalue weighted by atomic mass is 79.9. The van der Waals surface area contributed by atoms with E-state index in [-0.39, 0.29) is 5.91 Å². The van der Waals surface area contributed by atoms with Crippen LogP contribution in [0.15, 0.2) is 59.2 Å². The number of urea groups is 1. The molecule has 3 amide bonds. The van der Waals surface area contributed by atoms with Crippen molar-refractivity contribution in [3.05, 3.63) is 64.8 Å². The van der Waals surface area contributed by atoms with Crippen molar-refractivity contribution in [3.63, 3.8) is 0 Å². The summed E-state index contributed by atoms with van der Waals surface area (Å²) in [5.41, 5.74) is 2.69. The SMILES string of the molecule is CCN1CCN(C(=O)C(Cc2c[nH]c3ccccc23)NC(=O)Nc2ccc(Br)cc2)CC1. The van der Waals surface area contributed by atoms with Gasteiger partial charge in [0.1, 0.15) is 6.04 Å². The average molecular weight is 498 g/mol. The van der Waals surface area contributed by atoms with E-state index >= 15 is 0 Å². The zero-order valence-corrected chi connectivity index (χ0v) is 19.7. The molecule has 0 aliphatic carbocycles. The van der Waals surface area contributed by atoms with Gasteiger partial charge in [-0.25, -0.2) is 4.79 Å². The number of halogens is 1. The number of H-pyrrole nitrogens is 1. The molecule has 0 spiro atoms. The van der Waals surface area contributed by atoms with Crippen LogP contribution in [0, 0.1) is 0 Å². The Morgan fingerprint density at radius 2 is 1.78 bits per heavy atom. The third-order valence-corrected chi connectivity index (χ3v) is 6.46. The molecule has 1 unspecified atom stereocenters.